The first-order valence-corrected chi connectivity index (χ1v) is 11.3. The van der Waals surface area contributed by atoms with E-state index >= 15 is 0 Å². The van der Waals surface area contributed by atoms with Gasteiger partial charge in [-0.2, -0.15) is 0 Å². The van der Waals surface area contributed by atoms with Crippen molar-refractivity contribution in [1.82, 2.24) is 30.3 Å². The van der Waals surface area contributed by atoms with Gasteiger partial charge in [-0.3, -0.25) is 9.97 Å². The summed E-state index contributed by atoms with van der Waals surface area (Å²) in [7, 11) is 0. The molecule has 0 aliphatic rings. The molecule has 0 fully saturated rings. The zero-order chi connectivity index (χ0) is 24.2. The van der Waals surface area contributed by atoms with Gasteiger partial charge < -0.3 is 19.7 Å². The molecule has 7 aromatic rings. The zero-order valence-corrected chi connectivity index (χ0v) is 21.7. The number of fused-ring (bicyclic) bond motifs is 2. The molecule has 7 nitrogen and oxygen atoms in total. The first kappa shape index (κ1) is 24.2. The molecule has 8 heteroatoms. The van der Waals surface area contributed by atoms with Gasteiger partial charge in [-0.25, -0.2) is 0 Å². The van der Waals surface area contributed by atoms with Crippen molar-refractivity contribution >= 4 is 21.7 Å². The third-order valence-electron chi connectivity index (χ3n) is 5.72. The van der Waals surface area contributed by atoms with Crippen LogP contribution < -0.4 is 5.10 Å². The van der Waals surface area contributed by atoms with E-state index in [1.165, 1.54) is 0 Å². The van der Waals surface area contributed by atoms with E-state index in [2.05, 4.69) is 36.5 Å². The Balaban J connectivity index is 0.000000148. The van der Waals surface area contributed by atoms with E-state index in [0.717, 1.165) is 55.5 Å². The Morgan fingerprint density at radius 1 is 0.757 bits per heavy atom. The Labute approximate surface area is 226 Å². The van der Waals surface area contributed by atoms with Gasteiger partial charge in [0.15, 0.2) is 5.58 Å². The van der Waals surface area contributed by atoms with Crippen LogP contribution >= 0.6 is 0 Å². The third kappa shape index (κ3) is 5.07. The molecule has 0 aliphatic carbocycles. The third-order valence-corrected chi connectivity index (χ3v) is 5.72. The Bertz CT molecular complexity index is 1740. The molecule has 0 bridgehead atoms. The van der Waals surface area contributed by atoms with Crippen molar-refractivity contribution in [3.8, 4) is 33.8 Å². The van der Waals surface area contributed by atoms with Gasteiger partial charge in [0.1, 0.15) is 0 Å². The summed E-state index contributed by atoms with van der Waals surface area (Å²) in [4.78, 5) is 12.5. The number of pyridine rings is 3. The summed E-state index contributed by atoms with van der Waals surface area (Å²) in [5, 5.41) is 15.1. The van der Waals surface area contributed by atoms with E-state index in [1.54, 1.807) is 31.0 Å². The van der Waals surface area contributed by atoms with E-state index in [9.17, 15) is 0 Å². The van der Waals surface area contributed by atoms with Crippen LogP contribution in [0.3, 0.4) is 0 Å². The number of nitrogens with zero attached hydrogens (tertiary/aromatic N) is 6. The molecule has 5 heterocycles. The second-order valence-corrected chi connectivity index (χ2v) is 7.94. The standard InChI is InChI=1S/C16H9N2O.C13H9N4.Ir/c1-2-6-12-11(5-1)9-17-10-14(12)16-13-7-3-4-8-15(13)19-18-16;1-5-14-6-2-10(1)11-3-7-15-13(9-11)12-4-8-16-17-12;/h1-9H;1-9H;/q2*-1;. The van der Waals surface area contributed by atoms with Gasteiger partial charge in [0.05, 0.1) is 0 Å². The van der Waals surface area contributed by atoms with Crippen molar-refractivity contribution in [1.29, 1.82) is 0 Å². The van der Waals surface area contributed by atoms with Crippen LogP contribution in [0.25, 0.3) is 55.5 Å². The summed E-state index contributed by atoms with van der Waals surface area (Å²) in [6, 6.07) is 25.6. The van der Waals surface area contributed by atoms with E-state index in [4.69, 9.17) is 4.52 Å². The predicted octanol–water partition coefficient (Wildman–Crippen LogP) is 6.00. The summed E-state index contributed by atoms with van der Waals surface area (Å²) in [6.07, 6.45) is 11.8. The quantitative estimate of drug-likeness (QED) is 0.215. The molecular weight excluding hydrogens is 641 g/mol. The van der Waals surface area contributed by atoms with Gasteiger partial charge in [-0.1, -0.05) is 70.6 Å². The number of aromatic nitrogens is 6. The van der Waals surface area contributed by atoms with Crippen molar-refractivity contribution in [2.75, 3.05) is 0 Å². The molecule has 0 atom stereocenters. The molecule has 2 aromatic carbocycles. The van der Waals surface area contributed by atoms with Crippen LogP contribution in [-0.2, 0) is 20.1 Å². The maximum atomic E-state index is 5.35. The Hall–Kier alpha value is -4.52. The minimum Gasteiger partial charge on any atom is -0.574 e. The van der Waals surface area contributed by atoms with Gasteiger partial charge in [0.25, 0.3) is 0 Å². The molecule has 5 aromatic heterocycles. The van der Waals surface area contributed by atoms with Crippen LogP contribution in [-0.4, -0.2) is 25.2 Å². The molecule has 0 N–H and O–H groups in total. The first-order valence-electron chi connectivity index (χ1n) is 11.3. The molecule has 7 rings (SSSR count). The van der Waals surface area contributed by atoms with E-state index in [-0.39, 0.29) is 20.1 Å². The number of benzene rings is 2. The van der Waals surface area contributed by atoms with E-state index in [1.807, 2.05) is 78.9 Å². The summed E-state index contributed by atoms with van der Waals surface area (Å²) >= 11 is 0. The van der Waals surface area contributed by atoms with Crippen LogP contribution in [0.1, 0.15) is 0 Å². The van der Waals surface area contributed by atoms with Crippen molar-refractivity contribution in [3.63, 3.8) is 0 Å². The average molecular weight is 659 g/mol. The predicted molar refractivity (Wildman–Crippen MR) is 138 cm³/mol. The van der Waals surface area contributed by atoms with Gasteiger partial charge >= 0.3 is 0 Å². The summed E-state index contributed by atoms with van der Waals surface area (Å²) in [5.74, 6) is 0. The largest absolute Gasteiger partial charge is 0.574 e. The monoisotopic (exact) mass is 659 g/mol. The fourth-order valence-electron chi connectivity index (χ4n) is 3.97. The van der Waals surface area contributed by atoms with Crippen LogP contribution in [0.2, 0.25) is 0 Å². The van der Waals surface area contributed by atoms with Crippen molar-refractivity contribution in [3.05, 3.63) is 116 Å². The molecule has 37 heavy (non-hydrogen) atoms. The van der Waals surface area contributed by atoms with Crippen LogP contribution in [0.4, 0.5) is 0 Å². The SMILES string of the molecule is [Ir].[c-]1ncc2ccccc2c1-c1noc2ccccc12.c1cc(-c2ccnc(-c3ccn[n-]3)c2)ccn1. The smallest absolute Gasteiger partial charge is 0.157 e. The number of para-hydroxylation sites is 1. The van der Waals surface area contributed by atoms with E-state index < -0.39 is 0 Å². The molecule has 0 amide bonds. The van der Waals surface area contributed by atoms with Gasteiger partial charge in [0, 0.05) is 61.7 Å². The summed E-state index contributed by atoms with van der Waals surface area (Å²) in [5.41, 5.74) is 6.28. The minimum absolute atomic E-state index is 0. The molecule has 0 aliphatic heterocycles. The molecule has 0 unspecified atom stereocenters. The molecule has 0 saturated carbocycles. The molecule has 181 valence electrons. The second kappa shape index (κ2) is 11.0. The van der Waals surface area contributed by atoms with Crippen molar-refractivity contribution < 1.29 is 24.6 Å². The first-order chi connectivity index (χ1) is 17.9. The fraction of sp³-hybridized carbons (Fsp3) is 0. The second-order valence-electron chi connectivity index (χ2n) is 7.94. The molecule has 1 radical (unpaired) electrons. The average Bonchev–Trinajstić information content (AvgIpc) is 3.65. The van der Waals surface area contributed by atoms with E-state index in [0.29, 0.717) is 0 Å². The normalized spacial score (nSPS) is 10.5. The Kier molecular flexibility index (Phi) is 7.21. The van der Waals surface area contributed by atoms with Gasteiger partial charge in [0.2, 0.25) is 0 Å². The Morgan fingerprint density at radius 3 is 2.38 bits per heavy atom. The zero-order valence-electron chi connectivity index (χ0n) is 19.3. The van der Waals surface area contributed by atoms with Gasteiger partial charge in [-0.05, 0) is 53.9 Å². The molecule has 0 saturated heterocycles. The number of rotatable bonds is 3. The topological polar surface area (TPSA) is 91.7 Å². The minimum atomic E-state index is 0. The van der Waals surface area contributed by atoms with Crippen LogP contribution in [0.5, 0.6) is 0 Å². The van der Waals surface area contributed by atoms with Gasteiger partial charge in [-0.15, -0.1) is 5.16 Å². The summed E-state index contributed by atoms with van der Waals surface area (Å²) < 4.78 is 5.35. The number of hydrogen-bond acceptors (Lipinski definition) is 6. The maximum Gasteiger partial charge on any atom is 0.157 e. The van der Waals surface area contributed by atoms with Crippen molar-refractivity contribution in [2.24, 2.45) is 0 Å². The fourth-order valence-corrected chi connectivity index (χ4v) is 3.97. The Morgan fingerprint density at radius 2 is 1.54 bits per heavy atom. The molecular formula is C29H18IrN6O-2. The van der Waals surface area contributed by atoms with Crippen LogP contribution in [0, 0.1) is 6.20 Å². The number of hydrogen-bond donors (Lipinski definition) is 0. The molecule has 0 spiro atoms. The van der Waals surface area contributed by atoms with Crippen molar-refractivity contribution in [2.45, 2.75) is 0 Å². The maximum absolute atomic E-state index is 5.35. The summed E-state index contributed by atoms with van der Waals surface area (Å²) in [6.45, 7) is 0. The van der Waals surface area contributed by atoms with Crippen LogP contribution in [0.15, 0.2) is 114 Å².